The van der Waals surface area contributed by atoms with Gasteiger partial charge in [-0.05, 0) is 29.8 Å². The Morgan fingerprint density at radius 1 is 0.952 bits per heavy atom. The lowest BCUT2D eigenvalue weighted by atomic mass is 10.1. The first-order chi connectivity index (χ1) is 10.1. The summed E-state index contributed by atoms with van der Waals surface area (Å²) in [6.07, 6.45) is -2.33. The molecule has 110 valence electrons. The molecule has 0 bridgehead atoms. The number of halogens is 3. The first-order valence-corrected chi connectivity index (χ1v) is 6.28. The van der Waals surface area contributed by atoms with Crippen LogP contribution in [0.1, 0.15) is 11.6 Å². The average Bonchev–Trinajstić information content (AvgIpc) is 2.53. The van der Waals surface area contributed by atoms with E-state index in [1.54, 1.807) is 54.6 Å². The summed E-state index contributed by atoms with van der Waals surface area (Å²) < 4.78 is 44.0. The minimum atomic E-state index is -2.33. The van der Waals surface area contributed by atoms with Crippen LogP contribution in [0.15, 0.2) is 66.5 Å². The number of anilines is 1. The van der Waals surface area contributed by atoms with Gasteiger partial charge in [-0.3, -0.25) is 0 Å². The molecule has 0 aromatic heterocycles. The van der Waals surface area contributed by atoms with Gasteiger partial charge in [0, 0.05) is 5.69 Å². The van der Waals surface area contributed by atoms with E-state index >= 15 is 0 Å². The fourth-order valence-electron chi connectivity index (χ4n) is 1.90. The van der Waals surface area contributed by atoms with E-state index in [-0.39, 0.29) is 0 Å². The lowest BCUT2D eigenvalue weighted by Gasteiger charge is -2.18. The highest BCUT2D eigenvalue weighted by atomic mass is 19.3. The van der Waals surface area contributed by atoms with Gasteiger partial charge in [-0.2, -0.15) is 8.78 Å². The van der Waals surface area contributed by atoms with Crippen LogP contribution >= 0.6 is 0 Å². The molecule has 0 fully saturated rings. The van der Waals surface area contributed by atoms with E-state index in [9.17, 15) is 13.2 Å². The second-order valence-corrected chi connectivity index (χ2v) is 4.32. The summed E-state index contributed by atoms with van der Waals surface area (Å²) >= 11 is 0. The maximum Gasteiger partial charge on any atom is 0.304 e. The lowest BCUT2D eigenvalue weighted by molar-refractivity contribution is 0.365. The van der Waals surface area contributed by atoms with Gasteiger partial charge in [0.05, 0.1) is 7.11 Å². The zero-order valence-corrected chi connectivity index (χ0v) is 11.3. The lowest BCUT2D eigenvalue weighted by Crippen LogP contribution is -2.12. The number of ether oxygens (including phenoxy) is 1. The molecule has 2 aromatic rings. The van der Waals surface area contributed by atoms with Crippen molar-refractivity contribution in [2.75, 3.05) is 12.4 Å². The zero-order chi connectivity index (χ0) is 15.2. The monoisotopic (exact) mass is 293 g/mol. The van der Waals surface area contributed by atoms with Gasteiger partial charge < -0.3 is 10.1 Å². The Morgan fingerprint density at radius 2 is 1.57 bits per heavy atom. The highest BCUT2D eigenvalue weighted by Crippen LogP contribution is 2.30. The standard InChI is InChI=1S/C16H14F3NO/c1-21-13-9-7-12(8-10-13)20-15(14(17)16(18)19)11-5-3-2-4-6-11/h2-10,15,20H,1H3. The molecule has 0 aliphatic heterocycles. The number of hydrogen-bond donors (Lipinski definition) is 1. The van der Waals surface area contributed by atoms with Gasteiger partial charge in [-0.15, -0.1) is 0 Å². The summed E-state index contributed by atoms with van der Waals surface area (Å²) in [6, 6.07) is 13.6. The van der Waals surface area contributed by atoms with Crippen LogP contribution in [0, 0.1) is 0 Å². The van der Waals surface area contributed by atoms with Crippen LogP contribution in [-0.4, -0.2) is 7.11 Å². The second-order valence-electron chi connectivity index (χ2n) is 4.32. The fraction of sp³-hybridized carbons (Fsp3) is 0.125. The molecule has 1 N–H and O–H groups in total. The van der Waals surface area contributed by atoms with Crippen molar-refractivity contribution in [3.05, 3.63) is 72.1 Å². The first kappa shape index (κ1) is 15.0. The normalized spacial score (nSPS) is 11.6. The quantitative estimate of drug-likeness (QED) is 0.844. The van der Waals surface area contributed by atoms with Crippen LogP contribution in [0.2, 0.25) is 0 Å². The van der Waals surface area contributed by atoms with E-state index in [4.69, 9.17) is 4.74 Å². The number of hydrogen-bond acceptors (Lipinski definition) is 2. The molecule has 1 atom stereocenters. The van der Waals surface area contributed by atoms with E-state index in [2.05, 4.69) is 5.32 Å². The van der Waals surface area contributed by atoms with Gasteiger partial charge in [-0.25, -0.2) is 4.39 Å². The molecule has 5 heteroatoms. The minimum Gasteiger partial charge on any atom is -0.497 e. The van der Waals surface area contributed by atoms with Gasteiger partial charge in [-0.1, -0.05) is 30.3 Å². The van der Waals surface area contributed by atoms with Crippen molar-refractivity contribution in [1.29, 1.82) is 0 Å². The SMILES string of the molecule is COc1ccc(NC(C(F)=C(F)F)c2ccccc2)cc1. The van der Waals surface area contributed by atoms with Crippen molar-refractivity contribution >= 4 is 5.69 Å². The van der Waals surface area contributed by atoms with Crippen LogP contribution in [0.25, 0.3) is 0 Å². The molecule has 21 heavy (non-hydrogen) atoms. The van der Waals surface area contributed by atoms with Crippen molar-refractivity contribution in [2.45, 2.75) is 6.04 Å². The molecule has 2 aromatic carbocycles. The van der Waals surface area contributed by atoms with E-state index < -0.39 is 17.9 Å². The number of benzene rings is 2. The summed E-state index contributed by atoms with van der Waals surface area (Å²) in [7, 11) is 1.52. The van der Waals surface area contributed by atoms with Crippen molar-refractivity contribution in [1.82, 2.24) is 0 Å². The Hall–Kier alpha value is -2.43. The third kappa shape index (κ3) is 3.78. The predicted octanol–water partition coefficient (Wildman–Crippen LogP) is 4.93. The van der Waals surface area contributed by atoms with Gasteiger partial charge in [0.25, 0.3) is 0 Å². The van der Waals surface area contributed by atoms with E-state index in [0.717, 1.165) is 0 Å². The topological polar surface area (TPSA) is 21.3 Å². The zero-order valence-electron chi connectivity index (χ0n) is 11.3. The van der Waals surface area contributed by atoms with Gasteiger partial charge in [0.2, 0.25) is 0 Å². The van der Waals surface area contributed by atoms with Crippen LogP contribution in [0.4, 0.5) is 18.9 Å². The van der Waals surface area contributed by atoms with Crippen molar-refractivity contribution in [3.8, 4) is 5.75 Å². The van der Waals surface area contributed by atoms with Crippen molar-refractivity contribution in [3.63, 3.8) is 0 Å². The molecule has 0 saturated carbocycles. The molecular formula is C16H14F3NO. The Balaban J connectivity index is 2.30. The Kier molecular flexibility index (Phi) is 4.87. The largest absolute Gasteiger partial charge is 0.497 e. The third-order valence-electron chi connectivity index (χ3n) is 2.97. The molecule has 1 unspecified atom stereocenters. The van der Waals surface area contributed by atoms with Gasteiger partial charge in [0.15, 0.2) is 5.83 Å². The average molecular weight is 293 g/mol. The molecule has 0 aliphatic rings. The van der Waals surface area contributed by atoms with E-state index in [1.165, 1.54) is 7.11 Å². The Labute approximate surface area is 120 Å². The molecule has 0 radical (unpaired) electrons. The van der Waals surface area contributed by atoms with Crippen LogP contribution in [0.3, 0.4) is 0 Å². The molecular weight excluding hydrogens is 279 g/mol. The molecule has 2 rings (SSSR count). The van der Waals surface area contributed by atoms with Crippen molar-refractivity contribution in [2.24, 2.45) is 0 Å². The summed E-state index contributed by atoms with van der Waals surface area (Å²) in [5.41, 5.74) is 0.930. The van der Waals surface area contributed by atoms with Gasteiger partial charge in [0.1, 0.15) is 11.8 Å². The summed E-state index contributed by atoms with van der Waals surface area (Å²) in [5.74, 6) is -0.860. The number of rotatable bonds is 5. The van der Waals surface area contributed by atoms with E-state index in [0.29, 0.717) is 17.0 Å². The highest BCUT2D eigenvalue weighted by molar-refractivity contribution is 5.50. The smallest absolute Gasteiger partial charge is 0.304 e. The molecule has 0 saturated heterocycles. The van der Waals surface area contributed by atoms with Crippen molar-refractivity contribution < 1.29 is 17.9 Å². The van der Waals surface area contributed by atoms with Gasteiger partial charge >= 0.3 is 6.08 Å². The molecule has 2 nitrogen and oxygen atoms in total. The summed E-state index contributed by atoms with van der Waals surface area (Å²) in [4.78, 5) is 0. The Bertz CT molecular complexity index is 607. The maximum absolute atomic E-state index is 13.7. The minimum absolute atomic E-state index is 0.415. The molecule has 0 heterocycles. The molecule has 0 spiro atoms. The van der Waals surface area contributed by atoms with Crippen LogP contribution < -0.4 is 10.1 Å². The van der Waals surface area contributed by atoms with Crippen LogP contribution in [0.5, 0.6) is 5.75 Å². The number of methoxy groups -OCH3 is 1. The molecule has 0 amide bonds. The second kappa shape index (κ2) is 6.83. The maximum atomic E-state index is 13.7. The summed E-state index contributed by atoms with van der Waals surface area (Å²) in [6.45, 7) is 0. The predicted molar refractivity (Wildman–Crippen MR) is 76.1 cm³/mol. The fourth-order valence-corrected chi connectivity index (χ4v) is 1.90. The molecule has 0 aliphatic carbocycles. The summed E-state index contributed by atoms with van der Waals surface area (Å²) in [5, 5.41) is 2.76. The van der Waals surface area contributed by atoms with Crippen LogP contribution in [-0.2, 0) is 0 Å². The third-order valence-corrected chi connectivity index (χ3v) is 2.97. The first-order valence-electron chi connectivity index (χ1n) is 6.28. The van der Waals surface area contributed by atoms with E-state index in [1.807, 2.05) is 0 Å². The number of nitrogens with one attached hydrogen (secondary N) is 1. The Morgan fingerprint density at radius 3 is 2.10 bits per heavy atom. The highest BCUT2D eigenvalue weighted by Gasteiger charge is 2.21.